The first-order valence-corrected chi connectivity index (χ1v) is 11.1. The summed E-state index contributed by atoms with van der Waals surface area (Å²) < 4.78 is 41.1. The van der Waals surface area contributed by atoms with E-state index in [1.807, 2.05) is 6.07 Å². The molecular formula is C18H20FN3O2S2. The highest BCUT2D eigenvalue weighted by molar-refractivity contribution is 7.99. The Morgan fingerprint density at radius 1 is 1.19 bits per heavy atom. The van der Waals surface area contributed by atoms with Crippen LogP contribution < -0.4 is 10.0 Å². The van der Waals surface area contributed by atoms with E-state index in [0.717, 1.165) is 30.6 Å². The summed E-state index contributed by atoms with van der Waals surface area (Å²) in [6.45, 7) is 0.490. The minimum atomic E-state index is -3.51. The summed E-state index contributed by atoms with van der Waals surface area (Å²) in [5.41, 5.74) is 0.922. The zero-order valence-corrected chi connectivity index (χ0v) is 15.7. The van der Waals surface area contributed by atoms with Gasteiger partial charge in [0.25, 0.3) is 0 Å². The van der Waals surface area contributed by atoms with Gasteiger partial charge in [0.05, 0.1) is 6.04 Å². The molecule has 0 spiro atoms. The van der Waals surface area contributed by atoms with E-state index in [2.05, 4.69) is 15.0 Å². The summed E-state index contributed by atoms with van der Waals surface area (Å²) in [5.74, 6) is 1.68. The van der Waals surface area contributed by atoms with Crippen molar-refractivity contribution in [3.05, 3.63) is 47.9 Å². The summed E-state index contributed by atoms with van der Waals surface area (Å²) in [5, 5.41) is 3.30. The SMILES string of the molecule is O=S(=O)(NCC1CC1)c1ccc(NC2CCSc3c(F)cccc32)nc1. The molecule has 1 aliphatic heterocycles. The van der Waals surface area contributed by atoms with Crippen LogP contribution in [0, 0.1) is 11.7 Å². The van der Waals surface area contributed by atoms with Crippen LogP contribution in [-0.4, -0.2) is 25.7 Å². The fourth-order valence-electron chi connectivity index (χ4n) is 2.97. The monoisotopic (exact) mass is 393 g/mol. The molecule has 1 aromatic carbocycles. The van der Waals surface area contributed by atoms with Gasteiger partial charge in [0.1, 0.15) is 16.5 Å². The van der Waals surface area contributed by atoms with Crippen LogP contribution in [0.2, 0.25) is 0 Å². The van der Waals surface area contributed by atoms with Crippen LogP contribution in [0.15, 0.2) is 46.3 Å². The molecule has 26 heavy (non-hydrogen) atoms. The predicted octanol–water partition coefficient (Wildman–Crippen LogP) is 3.56. The molecule has 8 heteroatoms. The summed E-state index contributed by atoms with van der Waals surface area (Å²) in [6, 6.07) is 8.28. The molecule has 0 amide bonds. The summed E-state index contributed by atoms with van der Waals surface area (Å²) in [6.07, 6.45) is 4.39. The van der Waals surface area contributed by atoms with Crippen molar-refractivity contribution in [1.29, 1.82) is 0 Å². The average molecular weight is 394 g/mol. The van der Waals surface area contributed by atoms with Crippen molar-refractivity contribution in [1.82, 2.24) is 9.71 Å². The maximum Gasteiger partial charge on any atom is 0.242 e. The van der Waals surface area contributed by atoms with Crippen molar-refractivity contribution in [2.45, 2.75) is 35.1 Å². The second-order valence-corrected chi connectivity index (χ2v) is 9.54. The van der Waals surface area contributed by atoms with Crippen LogP contribution >= 0.6 is 11.8 Å². The number of halogens is 1. The molecule has 2 aromatic rings. The van der Waals surface area contributed by atoms with E-state index in [9.17, 15) is 12.8 Å². The molecule has 1 aliphatic carbocycles. The third kappa shape index (κ3) is 3.87. The third-order valence-electron chi connectivity index (χ3n) is 4.65. The smallest absolute Gasteiger partial charge is 0.242 e. The Labute approximate surface area is 156 Å². The lowest BCUT2D eigenvalue weighted by molar-refractivity contribution is 0.576. The number of nitrogens with zero attached hydrogens (tertiary/aromatic N) is 1. The highest BCUT2D eigenvalue weighted by Gasteiger charge is 2.25. The maximum atomic E-state index is 14.0. The van der Waals surface area contributed by atoms with E-state index >= 15 is 0 Å². The van der Waals surface area contributed by atoms with Crippen LogP contribution in [0.25, 0.3) is 0 Å². The first-order valence-electron chi connectivity index (χ1n) is 8.66. The molecule has 2 N–H and O–H groups in total. The first-order chi connectivity index (χ1) is 12.5. The minimum Gasteiger partial charge on any atom is -0.363 e. The Balaban J connectivity index is 1.47. The van der Waals surface area contributed by atoms with E-state index in [1.165, 1.54) is 24.0 Å². The van der Waals surface area contributed by atoms with Gasteiger partial charge in [-0.1, -0.05) is 12.1 Å². The van der Waals surface area contributed by atoms with Crippen molar-refractivity contribution >= 4 is 27.6 Å². The van der Waals surface area contributed by atoms with Crippen LogP contribution in [0.3, 0.4) is 0 Å². The molecule has 0 saturated heterocycles. The second-order valence-electron chi connectivity index (χ2n) is 6.67. The van der Waals surface area contributed by atoms with Crippen molar-refractivity contribution in [3.8, 4) is 0 Å². The van der Waals surface area contributed by atoms with E-state index in [-0.39, 0.29) is 16.8 Å². The fourth-order valence-corrected chi connectivity index (χ4v) is 5.17. The quantitative estimate of drug-likeness (QED) is 0.785. The van der Waals surface area contributed by atoms with Crippen LogP contribution in [0.5, 0.6) is 0 Å². The number of hydrogen-bond donors (Lipinski definition) is 2. The van der Waals surface area contributed by atoms with E-state index < -0.39 is 10.0 Å². The van der Waals surface area contributed by atoms with Gasteiger partial charge in [0, 0.05) is 23.4 Å². The van der Waals surface area contributed by atoms with Crippen LogP contribution in [0.4, 0.5) is 10.2 Å². The van der Waals surface area contributed by atoms with Crippen LogP contribution in [0.1, 0.15) is 30.9 Å². The molecule has 0 bridgehead atoms. The highest BCUT2D eigenvalue weighted by Crippen LogP contribution is 2.39. The Morgan fingerprint density at radius 3 is 2.77 bits per heavy atom. The molecule has 138 valence electrons. The van der Waals surface area contributed by atoms with Gasteiger partial charge in [-0.3, -0.25) is 0 Å². The Bertz CT molecular complexity index is 899. The Morgan fingerprint density at radius 2 is 2.04 bits per heavy atom. The van der Waals surface area contributed by atoms with Gasteiger partial charge < -0.3 is 5.32 Å². The van der Waals surface area contributed by atoms with Gasteiger partial charge >= 0.3 is 0 Å². The molecule has 2 heterocycles. The molecule has 1 saturated carbocycles. The number of pyridine rings is 1. The molecule has 1 atom stereocenters. The molecule has 2 aliphatic rings. The lowest BCUT2D eigenvalue weighted by atomic mass is 10.0. The highest BCUT2D eigenvalue weighted by atomic mass is 32.2. The van der Waals surface area contributed by atoms with Gasteiger partial charge in [0.15, 0.2) is 0 Å². The summed E-state index contributed by atoms with van der Waals surface area (Å²) in [4.78, 5) is 5.09. The van der Waals surface area contributed by atoms with Gasteiger partial charge in [-0.25, -0.2) is 22.5 Å². The van der Waals surface area contributed by atoms with Crippen molar-refractivity contribution in [3.63, 3.8) is 0 Å². The molecule has 1 unspecified atom stereocenters. The molecule has 0 radical (unpaired) electrons. The molecular weight excluding hydrogens is 373 g/mol. The van der Waals surface area contributed by atoms with Gasteiger partial charge in [0.2, 0.25) is 10.0 Å². The third-order valence-corrected chi connectivity index (χ3v) is 7.22. The number of rotatable bonds is 6. The van der Waals surface area contributed by atoms with Gasteiger partial charge in [-0.05, 0) is 48.9 Å². The first kappa shape index (κ1) is 17.8. The lowest BCUT2D eigenvalue weighted by Gasteiger charge is -2.26. The van der Waals surface area contributed by atoms with Crippen molar-refractivity contribution in [2.75, 3.05) is 17.6 Å². The van der Waals surface area contributed by atoms with E-state index in [0.29, 0.717) is 23.2 Å². The maximum absolute atomic E-state index is 14.0. The number of sulfonamides is 1. The average Bonchev–Trinajstić information content (AvgIpc) is 3.46. The molecule has 5 nitrogen and oxygen atoms in total. The lowest BCUT2D eigenvalue weighted by Crippen LogP contribution is -2.26. The fraction of sp³-hybridized carbons (Fsp3) is 0.389. The number of benzene rings is 1. The van der Waals surface area contributed by atoms with E-state index in [4.69, 9.17) is 0 Å². The number of aromatic nitrogens is 1. The molecule has 4 rings (SSSR count). The Kier molecular flexibility index (Phi) is 4.90. The number of anilines is 1. The summed E-state index contributed by atoms with van der Waals surface area (Å²) >= 11 is 1.53. The standard InChI is InChI=1S/C18H20FN3O2S2/c19-15-3-1-2-14-16(8-9-25-18(14)15)22-17-7-6-13(11-20-17)26(23,24)21-10-12-4-5-12/h1-3,6-7,11-12,16,21H,4-5,8-10H2,(H,20,22). The number of hydrogen-bond acceptors (Lipinski definition) is 5. The normalized spacial score (nSPS) is 19.8. The number of nitrogens with one attached hydrogen (secondary N) is 2. The van der Waals surface area contributed by atoms with Crippen molar-refractivity contribution in [2.24, 2.45) is 5.92 Å². The number of fused-ring (bicyclic) bond motifs is 1. The second kappa shape index (κ2) is 7.17. The number of thioether (sulfide) groups is 1. The van der Waals surface area contributed by atoms with Gasteiger partial charge in [-0.15, -0.1) is 11.8 Å². The topological polar surface area (TPSA) is 71.1 Å². The minimum absolute atomic E-state index is 0.0371. The van der Waals surface area contributed by atoms with Gasteiger partial charge in [-0.2, -0.15) is 0 Å². The zero-order valence-electron chi connectivity index (χ0n) is 14.1. The Hall–Kier alpha value is -1.64. The van der Waals surface area contributed by atoms with Crippen molar-refractivity contribution < 1.29 is 12.8 Å². The molecule has 1 fully saturated rings. The largest absolute Gasteiger partial charge is 0.363 e. The molecule has 1 aromatic heterocycles. The van der Waals surface area contributed by atoms with E-state index in [1.54, 1.807) is 18.2 Å². The van der Waals surface area contributed by atoms with Crippen LogP contribution in [-0.2, 0) is 10.0 Å². The zero-order chi connectivity index (χ0) is 18.1. The predicted molar refractivity (Wildman–Crippen MR) is 100 cm³/mol. The summed E-state index contributed by atoms with van der Waals surface area (Å²) in [7, 11) is -3.51.